The quantitative estimate of drug-likeness (QED) is 0.212. The van der Waals surface area contributed by atoms with Gasteiger partial charge in [-0.05, 0) is 40.8 Å². The summed E-state index contributed by atoms with van der Waals surface area (Å²) in [5.74, 6) is -0.940. The molecule has 2 heterocycles. The van der Waals surface area contributed by atoms with Gasteiger partial charge in [-0.25, -0.2) is 9.37 Å². The van der Waals surface area contributed by atoms with Gasteiger partial charge in [-0.3, -0.25) is 13.9 Å². The van der Waals surface area contributed by atoms with E-state index in [0.29, 0.717) is 26.0 Å². The SMILES string of the molecule is CC(C)(C(=O)Nc1nc(-c2ccc(F)c3ccccc23)cs1)C1c2ccccc2S(O)(O)c2ccccc21. The Bertz CT molecular complexity index is 1660. The Morgan fingerprint density at radius 3 is 2.13 bits per heavy atom. The van der Waals surface area contributed by atoms with Crippen LogP contribution in [0.3, 0.4) is 0 Å². The van der Waals surface area contributed by atoms with E-state index < -0.39 is 21.9 Å². The monoisotopic (exact) mass is 544 g/mol. The van der Waals surface area contributed by atoms with E-state index in [0.717, 1.165) is 22.1 Å². The van der Waals surface area contributed by atoms with Crippen molar-refractivity contribution in [3.05, 3.63) is 107 Å². The zero-order chi connectivity index (χ0) is 26.7. The molecule has 0 saturated carbocycles. The number of amides is 1. The van der Waals surface area contributed by atoms with Crippen molar-refractivity contribution in [2.24, 2.45) is 5.41 Å². The molecule has 1 amide bonds. The molecule has 5 aromatic rings. The first-order valence-corrected chi connectivity index (χ1v) is 14.5. The summed E-state index contributed by atoms with van der Waals surface area (Å²) in [6, 6.07) is 24.8. The fourth-order valence-corrected chi connectivity index (χ4v) is 7.86. The van der Waals surface area contributed by atoms with Crippen LogP contribution in [0.15, 0.2) is 100 Å². The predicted molar refractivity (Wildman–Crippen MR) is 152 cm³/mol. The lowest BCUT2D eigenvalue weighted by molar-refractivity contribution is -0.124. The van der Waals surface area contributed by atoms with Gasteiger partial charge in [0.1, 0.15) is 5.82 Å². The number of hydrogen-bond donors (Lipinski definition) is 3. The Morgan fingerprint density at radius 1 is 0.895 bits per heavy atom. The minimum absolute atomic E-state index is 0.240. The third kappa shape index (κ3) is 3.84. The number of benzene rings is 4. The summed E-state index contributed by atoms with van der Waals surface area (Å²) in [6.07, 6.45) is 0. The molecule has 0 bridgehead atoms. The lowest BCUT2D eigenvalue weighted by Crippen LogP contribution is -2.39. The predicted octanol–water partition coefficient (Wildman–Crippen LogP) is 8.38. The molecular weight excluding hydrogens is 519 g/mol. The van der Waals surface area contributed by atoms with Gasteiger partial charge in [-0.2, -0.15) is 0 Å². The number of nitrogens with zero attached hydrogens (tertiary/aromatic N) is 1. The van der Waals surface area contributed by atoms with E-state index >= 15 is 0 Å². The summed E-state index contributed by atoms with van der Waals surface area (Å²) < 4.78 is 36.6. The summed E-state index contributed by atoms with van der Waals surface area (Å²) in [5.41, 5.74) is 1.93. The first-order valence-electron chi connectivity index (χ1n) is 12.1. The van der Waals surface area contributed by atoms with Gasteiger partial charge >= 0.3 is 0 Å². The van der Waals surface area contributed by atoms with E-state index in [1.165, 1.54) is 17.4 Å². The third-order valence-electron chi connectivity index (χ3n) is 7.25. The highest BCUT2D eigenvalue weighted by Gasteiger charge is 2.46. The van der Waals surface area contributed by atoms with Crippen molar-refractivity contribution >= 4 is 43.7 Å². The van der Waals surface area contributed by atoms with Gasteiger partial charge in [-0.1, -0.05) is 74.5 Å². The van der Waals surface area contributed by atoms with Crippen LogP contribution in [0.1, 0.15) is 30.9 Å². The number of anilines is 1. The molecule has 0 unspecified atom stereocenters. The number of thiazole rings is 1. The Balaban J connectivity index is 1.35. The fraction of sp³-hybridized carbons (Fsp3) is 0.133. The standard InChI is InChI=1S/C30H25FN2O3S2/c1-30(2,27-21-11-5-7-13-25(21)38(35,36)26-14-8-6-12-22(26)27)28(34)33-29-32-24(17-37-29)20-15-16-23(31)19-10-4-3-9-18(19)20/h3-17,27,35-36H,1-2H3,(H,32,33,34). The number of nitrogens with one attached hydrogen (secondary N) is 1. The van der Waals surface area contributed by atoms with Crippen molar-refractivity contribution < 1.29 is 18.3 Å². The summed E-state index contributed by atoms with van der Waals surface area (Å²) in [6.45, 7) is 3.72. The van der Waals surface area contributed by atoms with Gasteiger partial charge in [0.15, 0.2) is 5.13 Å². The molecule has 0 radical (unpaired) electrons. The molecule has 192 valence electrons. The Hall–Kier alpha value is -3.56. The van der Waals surface area contributed by atoms with E-state index in [1.54, 1.807) is 42.5 Å². The van der Waals surface area contributed by atoms with Gasteiger partial charge < -0.3 is 5.32 Å². The molecule has 1 aliphatic heterocycles. The normalized spacial score (nSPS) is 15.5. The molecule has 6 rings (SSSR count). The maximum absolute atomic E-state index is 14.3. The first kappa shape index (κ1) is 24.8. The van der Waals surface area contributed by atoms with Crippen LogP contribution < -0.4 is 5.32 Å². The number of aromatic nitrogens is 1. The number of rotatable bonds is 4. The molecule has 8 heteroatoms. The van der Waals surface area contributed by atoms with Crippen molar-refractivity contribution in [3.63, 3.8) is 0 Å². The van der Waals surface area contributed by atoms with Crippen molar-refractivity contribution in [3.8, 4) is 11.3 Å². The van der Waals surface area contributed by atoms with E-state index in [4.69, 9.17) is 0 Å². The second-order valence-corrected chi connectivity index (χ2v) is 12.7. The Labute approximate surface area is 225 Å². The molecule has 0 atom stereocenters. The number of fused-ring (bicyclic) bond motifs is 3. The highest BCUT2D eigenvalue weighted by Crippen LogP contribution is 2.66. The lowest BCUT2D eigenvalue weighted by atomic mass is 9.70. The minimum Gasteiger partial charge on any atom is -0.301 e. The van der Waals surface area contributed by atoms with Crippen molar-refractivity contribution in [2.75, 3.05) is 5.32 Å². The molecule has 1 aromatic heterocycles. The number of carbonyl (C=O) groups is 1. The third-order valence-corrected chi connectivity index (χ3v) is 9.98. The van der Waals surface area contributed by atoms with Crippen molar-refractivity contribution in [1.82, 2.24) is 4.98 Å². The van der Waals surface area contributed by atoms with Crippen LogP contribution in [-0.2, 0) is 4.79 Å². The van der Waals surface area contributed by atoms with Crippen LogP contribution in [0.5, 0.6) is 0 Å². The average molecular weight is 545 g/mol. The molecular formula is C30H25FN2O3S2. The van der Waals surface area contributed by atoms with Crippen molar-refractivity contribution in [1.29, 1.82) is 0 Å². The molecule has 3 N–H and O–H groups in total. The molecule has 0 saturated heterocycles. The van der Waals surface area contributed by atoms with Crippen LogP contribution in [0, 0.1) is 11.2 Å². The molecule has 0 spiro atoms. The molecule has 1 aliphatic rings. The summed E-state index contributed by atoms with van der Waals surface area (Å²) in [7, 11) is -3.20. The van der Waals surface area contributed by atoms with Crippen LogP contribution in [0.25, 0.3) is 22.0 Å². The van der Waals surface area contributed by atoms with E-state index in [9.17, 15) is 18.3 Å². The van der Waals surface area contributed by atoms with Crippen LogP contribution in [-0.4, -0.2) is 20.0 Å². The summed E-state index contributed by atoms with van der Waals surface area (Å²) in [5, 5.41) is 6.55. The van der Waals surface area contributed by atoms with Gasteiger partial charge in [0, 0.05) is 22.2 Å². The Kier molecular flexibility index (Phi) is 5.88. The number of halogens is 1. The maximum Gasteiger partial charge on any atom is 0.232 e. The topological polar surface area (TPSA) is 82.5 Å². The zero-order valence-electron chi connectivity index (χ0n) is 20.7. The summed E-state index contributed by atoms with van der Waals surface area (Å²) >= 11 is 1.31. The van der Waals surface area contributed by atoms with Crippen molar-refractivity contribution in [2.45, 2.75) is 29.6 Å². The van der Waals surface area contributed by atoms with E-state index in [2.05, 4.69) is 10.3 Å². The number of carbonyl (C=O) groups excluding carboxylic acids is 1. The second kappa shape index (κ2) is 9.03. The van der Waals surface area contributed by atoms with Gasteiger partial charge in [-0.15, -0.1) is 21.9 Å². The maximum atomic E-state index is 14.3. The Morgan fingerprint density at radius 2 is 1.47 bits per heavy atom. The zero-order valence-corrected chi connectivity index (χ0v) is 22.3. The van der Waals surface area contributed by atoms with E-state index in [1.807, 2.05) is 55.6 Å². The second-order valence-electron chi connectivity index (χ2n) is 9.91. The molecule has 0 aliphatic carbocycles. The van der Waals surface area contributed by atoms with E-state index in [-0.39, 0.29) is 11.7 Å². The molecule has 0 fully saturated rings. The van der Waals surface area contributed by atoms with Gasteiger partial charge in [0.25, 0.3) is 0 Å². The highest BCUT2D eigenvalue weighted by molar-refractivity contribution is 8.24. The van der Waals surface area contributed by atoms with Crippen LogP contribution >= 0.6 is 21.9 Å². The van der Waals surface area contributed by atoms with Gasteiger partial charge in [0.05, 0.1) is 20.9 Å². The lowest BCUT2D eigenvalue weighted by Gasteiger charge is -2.46. The first-order chi connectivity index (χ1) is 18.2. The fourth-order valence-electron chi connectivity index (χ4n) is 5.35. The van der Waals surface area contributed by atoms with Crippen LogP contribution in [0.2, 0.25) is 0 Å². The molecule has 4 aromatic carbocycles. The minimum atomic E-state index is -3.20. The van der Waals surface area contributed by atoms with Gasteiger partial charge in [0.2, 0.25) is 5.91 Å². The largest absolute Gasteiger partial charge is 0.301 e. The number of hydrogen-bond acceptors (Lipinski definition) is 5. The summed E-state index contributed by atoms with van der Waals surface area (Å²) in [4.78, 5) is 19.4. The van der Waals surface area contributed by atoms with Crippen LogP contribution in [0.4, 0.5) is 9.52 Å². The average Bonchev–Trinajstić information content (AvgIpc) is 3.37. The molecule has 5 nitrogen and oxygen atoms in total. The molecule has 38 heavy (non-hydrogen) atoms. The smallest absolute Gasteiger partial charge is 0.232 e. The highest BCUT2D eigenvalue weighted by atomic mass is 32.3.